The Labute approximate surface area is 305 Å². The molecule has 0 unspecified atom stereocenters. The van der Waals surface area contributed by atoms with E-state index in [2.05, 4.69) is 0 Å². The lowest BCUT2D eigenvalue weighted by Gasteiger charge is -2.47. The summed E-state index contributed by atoms with van der Waals surface area (Å²) in [5.74, 6) is -0.326. The molecule has 0 spiro atoms. The normalized spacial score (nSPS) is 49.0. The summed E-state index contributed by atoms with van der Waals surface area (Å²) in [7, 11) is 7.77. The number of ether oxygens (including phenoxy) is 14. The van der Waals surface area contributed by atoms with E-state index in [9.17, 15) is 15.0 Å². The summed E-state index contributed by atoms with van der Waals surface area (Å²) < 4.78 is 83.9. The monoisotopic (exact) mass is 752 g/mol. The first kappa shape index (κ1) is 42.0. The number of hydrogen-bond donors (Lipinski definition) is 2. The number of carbonyl (C=O) groups is 1. The van der Waals surface area contributed by atoms with Gasteiger partial charge in [-0.05, 0) is 34.6 Å². The topological polar surface area (TPSA) is 187 Å². The van der Waals surface area contributed by atoms with Crippen molar-refractivity contribution < 1.29 is 81.3 Å². The first-order valence-electron chi connectivity index (χ1n) is 18.2. The SMILES string of the molecule is CO[C@H]1[C@H](O)[C@@H](O[C@H]2[C@H](C)O[C@H](O[C@H]3[C@H](C)O[C@H](O[C@H]4[C@H](C)O[C@H](O[C@H]5[C@H](C)OC(=O)C[C@@H]5OC)C[C@H]4OC)C[C@H]3OC)C[C@H]2OC)O[C@@H](C)[C@H]1O. The van der Waals surface area contributed by atoms with Crippen molar-refractivity contribution in [1.82, 2.24) is 0 Å². The Morgan fingerprint density at radius 2 is 0.885 bits per heavy atom. The van der Waals surface area contributed by atoms with Crippen LogP contribution in [0.3, 0.4) is 0 Å². The van der Waals surface area contributed by atoms with Gasteiger partial charge in [0.05, 0.1) is 55.3 Å². The predicted octanol–water partition coefficient (Wildman–Crippen LogP) is 0.809. The van der Waals surface area contributed by atoms with E-state index in [-0.39, 0.29) is 18.5 Å². The van der Waals surface area contributed by atoms with Crippen molar-refractivity contribution in [2.75, 3.05) is 35.5 Å². The van der Waals surface area contributed by atoms with Gasteiger partial charge in [-0.2, -0.15) is 0 Å². The molecule has 0 aromatic rings. The maximum absolute atomic E-state index is 11.9. The average Bonchev–Trinajstić information content (AvgIpc) is 3.11. The zero-order valence-corrected chi connectivity index (χ0v) is 31.9. The zero-order valence-electron chi connectivity index (χ0n) is 31.9. The lowest BCUT2D eigenvalue weighted by atomic mass is 9.98. The van der Waals surface area contributed by atoms with Crippen LogP contribution in [-0.4, -0.2) is 175 Å². The fraction of sp³-hybridized carbons (Fsp3) is 0.971. The van der Waals surface area contributed by atoms with Gasteiger partial charge in [-0.25, -0.2) is 0 Å². The minimum Gasteiger partial charge on any atom is -0.460 e. The Hall–Kier alpha value is -1.13. The summed E-state index contributed by atoms with van der Waals surface area (Å²) in [6.07, 6.45) is -11.2. The number of carbonyl (C=O) groups excluding carboxylic acids is 1. The largest absolute Gasteiger partial charge is 0.460 e. The second-order valence-electron chi connectivity index (χ2n) is 14.3. The molecule has 0 radical (unpaired) electrons. The quantitative estimate of drug-likeness (QED) is 0.252. The van der Waals surface area contributed by atoms with Crippen LogP contribution in [0.2, 0.25) is 0 Å². The molecular weight excluding hydrogens is 692 g/mol. The van der Waals surface area contributed by atoms with Crippen molar-refractivity contribution in [3.63, 3.8) is 0 Å². The summed E-state index contributed by atoms with van der Waals surface area (Å²) in [4.78, 5) is 11.9. The summed E-state index contributed by atoms with van der Waals surface area (Å²) in [6.45, 7) is 9.08. The maximum Gasteiger partial charge on any atom is 0.308 e. The number of rotatable bonds is 13. The van der Waals surface area contributed by atoms with Crippen LogP contribution in [-0.2, 0) is 71.1 Å². The van der Waals surface area contributed by atoms with Gasteiger partial charge in [0.1, 0.15) is 48.8 Å². The molecule has 17 nitrogen and oxygen atoms in total. The molecule has 5 heterocycles. The third-order valence-corrected chi connectivity index (χ3v) is 10.9. The highest BCUT2D eigenvalue weighted by atomic mass is 16.8. The fourth-order valence-electron chi connectivity index (χ4n) is 7.93. The Bertz CT molecular complexity index is 1120. The van der Waals surface area contributed by atoms with Gasteiger partial charge in [-0.3, -0.25) is 4.79 Å². The van der Waals surface area contributed by atoms with Gasteiger partial charge in [0.15, 0.2) is 25.2 Å². The first-order valence-corrected chi connectivity index (χ1v) is 18.2. The van der Waals surface area contributed by atoms with Gasteiger partial charge in [0.2, 0.25) is 0 Å². The van der Waals surface area contributed by atoms with Gasteiger partial charge in [0, 0.05) is 54.8 Å². The predicted molar refractivity (Wildman–Crippen MR) is 177 cm³/mol. The molecule has 20 atom stereocenters. The van der Waals surface area contributed by atoms with Crippen LogP contribution in [0.4, 0.5) is 0 Å². The molecule has 5 rings (SSSR count). The van der Waals surface area contributed by atoms with E-state index < -0.39 is 117 Å². The van der Waals surface area contributed by atoms with Crippen molar-refractivity contribution in [2.24, 2.45) is 0 Å². The minimum absolute atomic E-state index is 0.103. The van der Waals surface area contributed by atoms with Crippen molar-refractivity contribution in [3.05, 3.63) is 0 Å². The van der Waals surface area contributed by atoms with Crippen LogP contribution in [0.1, 0.15) is 60.3 Å². The molecule has 0 aromatic heterocycles. The molecule has 5 saturated heterocycles. The molecule has 0 bridgehead atoms. The molecule has 5 aliphatic heterocycles. The second-order valence-corrected chi connectivity index (χ2v) is 14.3. The van der Waals surface area contributed by atoms with Gasteiger partial charge in [-0.1, -0.05) is 0 Å². The number of methoxy groups -OCH3 is 5. The Morgan fingerprint density at radius 3 is 1.29 bits per heavy atom. The molecule has 5 fully saturated rings. The number of cyclic esters (lactones) is 1. The number of esters is 1. The van der Waals surface area contributed by atoms with Crippen LogP contribution < -0.4 is 0 Å². The van der Waals surface area contributed by atoms with Gasteiger partial charge in [0.25, 0.3) is 0 Å². The zero-order chi connectivity index (χ0) is 37.9. The molecule has 0 aliphatic carbocycles. The lowest BCUT2D eigenvalue weighted by Crippen LogP contribution is -2.61. The number of hydrogen-bond acceptors (Lipinski definition) is 17. The Kier molecular flexibility index (Phi) is 15.1. The van der Waals surface area contributed by atoms with E-state index in [0.29, 0.717) is 19.3 Å². The second kappa shape index (κ2) is 18.7. The molecule has 17 heteroatoms. The van der Waals surface area contributed by atoms with Crippen molar-refractivity contribution in [1.29, 1.82) is 0 Å². The summed E-state index contributed by atoms with van der Waals surface area (Å²) in [5.41, 5.74) is 0. The molecule has 52 heavy (non-hydrogen) atoms. The van der Waals surface area contributed by atoms with E-state index >= 15 is 0 Å². The maximum atomic E-state index is 11.9. The van der Waals surface area contributed by atoms with E-state index in [1.165, 1.54) is 7.11 Å². The van der Waals surface area contributed by atoms with Gasteiger partial charge < -0.3 is 76.5 Å². The molecule has 0 amide bonds. The molecule has 0 aromatic carbocycles. The Morgan fingerprint density at radius 1 is 0.481 bits per heavy atom. The van der Waals surface area contributed by atoms with Gasteiger partial charge in [-0.15, -0.1) is 0 Å². The van der Waals surface area contributed by atoms with E-state index in [1.54, 1.807) is 42.3 Å². The van der Waals surface area contributed by atoms with Crippen LogP contribution in [0.25, 0.3) is 0 Å². The highest BCUT2D eigenvalue weighted by molar-refractivity contribution is 5.71. The summed E-state index contributed by atoms with van der Waals surface area (Å²) in [5, 5.41) is 21.2. The third-order valence-electron chi connectivity index (χ3n) is 10.9. The minimum atomic E-state index is -1.22. The average molecular weight is 753 g/mol. The Balaban J connectivity index is 1.15. The van der Waals surface area contributed by atoms with E-state index in [0.717, 1.165) is 0 Å². The van der Waals surface area contributed by atoms with E-state index in [4.69, 9.17) is 66.3 Å². The first-order chi connectivity index (χ1) is 24.8. The fourth-order valence-corrected chi connectivity index (χ4v) is 7.93. The summed E-state index contributed by atoms with van der Waals surface area (Å²) >= 11 is 0. The van der Waals surface area contributed by atoms with E-state index in [1.807, 2.05) is 20.8 Å². The number of aliphatic hydroxyl groups excluding tert-OH is 2. The van der Waals surface area contributed by atoms with Crippen molar-refractivity contribution >= 4 is 5.97 Å². The smallest absolute Gasteiger partial charge is 0.308 e. The highest BCUT2D eigenvalue weighted by Crippen LogP contribution is 2.36. The molecular formula is C35H60O17. The standard InChI is InChI=1S/C35H60O17/c1-15-28(37)34(43-10)29(38)35(48-15)52-33-19(5)47-27(14-23(33)42-9)51-32-18(4)46-26(13-22(32)41-8)50-31-17(3)45-25(12-21(31)40-7)49-30-16(2)44-24(36)11-20(30)39-6/h15-23,25-35,37-38H,11-14H2,1-10H3/t15-,16-,17-,18-,19-,20-,21+,22+,23+,25+,26+,27+,28+,29-,30-,31-,32-,33-,34+,35+/m0/s1. The molecule has 0 saturated carbocycles. The van der Waals surface area contributed by atoms with Crippen molar-refractivity contribution in [2.45, 2.75) is 183 Å². The summed E-state index contributed by atoms with van der Waals surface area (Å²) in [6, 6.07) is 0. The van der Waals surface area contributed by atoms with Gasteiger partial charge >= 0.3 is 5.97 Å². The van der Waals surface area contributed by atoms with Crippen LogP contribution in [0.5, 0.6) is 0 Å². The van der Waals surface area contributed by atoms with Crippen LogP contribution in [0, 0.1) is 0 Å². The third kappa shape index (κ3) is 9.45. The number of aliphatic hydroxyl groups is 2. The molecule has 2 N–H and O–H groups in total. The highest BCUT2D eigenvalue weighted by Gasteiger charge is 2.50. The molecule has 302 valence electrons. The van der Waals surface area contributed by atoms with Crippen LogP contribution in [0.15, 0.2) is 0 Å². The lowest BCUT2D eigenvalue weighted by molar-refractivity contribution is -0.356. The van der Waals surface area contributed by atoms with Crippen LogP contribution >= 0.6 is 0 Å². The van der Waals surface area contributed by atoms with Crippen molar-refractivity contribution in [3.8, 4) is 0 Å². The molecule has 5 aliphatic rings.